The Kier molecular flexibility index (Phi) is 7.14. The summed E-state index contributed by atoms with van der Waals surface area (Å²) in [7, 11) is 0. The van der Waals surface area contributed by atoms with E-state index in [1.807, 2.05) is 6.92 Å². The molecule has 1 heterocycles. The highest BCUT2D eigenvalue weighted by Crippen LogP contribution is 2.35. The third kappa shape index (κ3) is 5.80. The minimum atomic E-state index is -0.698. The number of carbonyl (C=O) groups is 1. The van der Waals surface area contributed by atoms with Crippen LogP contribution in [0.15, 0.2) is 30.3 Å². The molecule has 1 aromatic heterocycles. The smallest absolute Gasteiger partial charge is 0.273 e. The molecule has 0 radical (unpaired) electrons. The highest BCUT2D eigenvalue weighted by molar-refractivity contribution is 6.32. The van der Waals surface area contributed by atoms with Crippen LogP contribution in [-0.2, 0) is 13.0 Å². The van der Waals surface area contributed by atoms with Gasteiger partial charge in [0.25, 0.3) is 5.91 Å². The molecule has 1 aliphatic carbocycles. The molecule has 0 unspecified atom stereocenters. The summed E-state index contributed by atoms with van der Waals surface area (Å²) in [4.78, 5) is 19.4. The van der Waals surface area contributed by atoms with Crippen LogP contribution in [0.5, 0.6) is 11.5 Å². The van der Waals surface area contributed by atoms with Crippen molar-refractivity contribution in [3.63, 3.8) is 0 Å². The zero-order chi connectivity index (χ0) is 23.5. The molecular formula is C24H19Cl3FN3O2. The molecule has 5 nitrogen and oxygen atoms in total. The van der Waals surface area contributed by atoms with Crippen molar-refractivity contribution in [1.82, 2.24) is 15.3 Å². The van der Waals surface area contributed by atoms with Gasteiger partial charge < -0.3 is 15.0 Å². The summed E-state index contributed by atoms with van der Waals surface area (Å²) in [6, 6.07) is 7.92. The van der Waals surface area contributed by atoms with Gasteiger partial charge in [-0.2, -0.15) is 0 Å². The maximum absolute atomic E-state index is 15.2. The quantitative estimate of drug-likeness (QED) is 0.372. The fraction of sp³-hybridized carbons (Fsp3) is 0.250. The lowest BCUT2D eigenvalue weighted by Gasteiger charge is -2.13. The second kappa shape index (κ2) is 10.0. The second-order valence-electron chi connectivity index (χ2n) is 7.55. The van der Waals surface area contributed by atoms with Crippen LogP contribution < -0.4 is 10.1 Å². The molecular weight excluding hydrogens is 488 g/mol. The van der Waals surface area contributed by atoms with Crippen LogP contribution in [0.3, 0.4) is 0 Å². The molecule has 2 N–H and O–H groups in total. The van der Waals surface area contributed by atoms with E-state index in [1.165, 1.54) is 12.1 Å². The number of aryl methyl sites for hydroxylation is 1. The van der Waals surface area contributed by atoms with Crippen LogP contribution in [0.4, 0.5) is 4.39 Å². The number of hydrogen-bond donors (Lipinski definition) is 2. The number of amides is 1. The number of rotatable bonds is 6. The van der Waals surface area contributed by atoms with Crippen LogP contribution in [0.25, 0.3) is 0 Å². The van der Waals surface area contributed by atoms with Crippen molar-refractivity contribution in [3.05, 3.63) is 74.0 Å². The lowest BCUT2D eigenvalue weighted by molar-refractivity contribution is 0.0946. The van der Waals surface area contributed by atoms with Crippen LogP contribution in [0, 0.1) is 23.6 Å². The van der Waals surface area contributed by atoms with Gasteiger partial charge in [-0.1, -0.05) is 59.6 Å². The van der Waals surface area contributed by atoms with Gasteiger partial charge in [-0.15, -0.1) is 0 Å². The summed E-state index contributed by atoms with van der Waals surface area (Å²) < 4.78 is 20.9. The molecule has 9 heteroatoms. The second-order valence-corrected chi connectivity index (χ2v) is 8.77. The van der Waals surface area contributed by atoms with E-state index in [0.717, 1.165) is 12.8 Å². The van der Waals surface area contributed by atoms with Gasteiger partial charge in [0.1, 0.15) is 16.7 Å². The van der Waals surface area contributed by atoms with E-state index in [2.05, 4.69) is 27.1 Å². The van der Waals surface area contributed by atoms with Gasteiger partial charge in [0, 0.05) is 35.0 Å². The number of H-pyrrole nitrogens is 1. The number of nitrogens with zero attached hydrogens (tertiary/aromatic N) is 1. The van der Waals surface area contributed by atoms with Crippen molar-refractivity contribution in [2.24, 2.45) is 5.92 Å². The summed E-state index contributed by atoms with van der Waals surface area (Å²) >= 11 is 18.4. The predicted octanol–water partition coefficient (Wildman–Crippen LogP) is 6.56. The molecule has 33 heavy (non-hydrogen) atoms. The van der Waals surface area contributed by atoms with Crippen LogP contribution >= 0.6 is 34.8 Å². The third-order valence-corrected chi connectivity index (χ3v) is 5.71. The predicted molar refractivity (Wildman–Crippen MR) is 127 cm³/mol. The Balaban J connectivity index is 1.52. The number of carbonyl (C=O) groups excluding carboxylic acids is 1. The topological polar surface area (TPSA) is 67.0 Å². The van der Waals surface area contributed by atoms with E-state index in [-0.39, 0.29) is 33.7 Å². The Hall–Kier alpha value is -2.72. The normalized spacial score (nSPS) is 12.8. The number of ether oxygens (including phenoxy) is 1. The van der Waals surface area contributed by atoms with Gasteiger partial charge in [-0.05, 0) is 37.1 Å². The largest absolute Gasteiger partial charge is 0.453 e. The SMILES string of the molecule is CCc1nc(C(=O)NCc2ccc(Cl)c(Oc3cc(Cl)cc(C#CC4CC4)c3)c2F)c(Cl)[nH]1. The summed E-state index contributed by atoms with van der Waals surface area (Å²) in [5.74, 6) is 6.14. The first-order valence-corrected chi connectivity index (χ1v) is 11.5. The minimum Gasteiger partial charge on any atom is -0.453 e. The molecule has 0 saturated heterocycles. The Morgan fingerprint density at radius 3 is 2.76 bits per heavy atom. The van der Waals surface area contributed by atoms with Crippen LogP contribution in [-0.4, -0.2) is 15.9 Å². The number of hydrogen-bond acceptors (Lipinski definition) is 3. The molecule has 1 aliphatic rings. The zero-order valence-electron chi connectivity index (χ0n) is 17.6. The fourth-order valence-electron chi connectivity index (χ4n) is 3.00. The van der Waals surface area contributed by atoms with Crippen molar-refractivity contribution >= 4 is 40.7 Å². The summed E-state index contributed by atoms with van der Waals surface area (Å²) in [6.07, 6.45) is 2.80. The molecule has 1 saturated carbocycles. The van der Waals surface area contributed by atoms with Gasteiger partial charge in [0.15, 0.2) is 17.3 Å². The molecule has 0 atom stereocenters. The number of halogens is 4. The van der Waals surface area contributed by atoms with Crippen molar-refractivity contribution in [2.45, 2.75) is 32.7 Å². The molecule has 4 rings (SSSR count). The molecule has 0 spiro atoms. The lowest BCUT2D eigenvalue weighted by atomic mass is 10.2. The minimum absolute atomic E-state index is 0.0538. The number of nitrogens with one attached hydrogen (secondary N) is 2. The maximum Gasteiger partial charge on any atom is 0.273 e. The maximum atomic E-state index is 15.2. The molecule has 0 bridgehead atoms. The Labute approximate surface area is 205 Å². The van der Waals surface area contributed by atoms with Crippen molar-refractivity contribution < 1.29 is 13.9 Å². The summed E-state index contributed by atoms with van der Waals surface area (Å²) in [6.45, 7) is 1.76. The van der Waals surface area contributed by atoms with E-state index in [1.54, 1.807) is 18.2 Å². The average molecular weight is 507 g/mol. The Morgan fingerprint density at radius 2 is 2.06 bits per heavy atom. The Bertz CT molecular complexity index is 1280. The van der Waals surface area contributed by atoms with E-state index >= 15 is 4.39 Å². The first-order valence-electron chi connectivity index (χ1n) is 10.3. The number of benzene rings is 2. The van der Waals surface area contributed by atoms with Gasteiger partial charge in [-0.25, -0.2) is 9.37 Å². The average Bonchev–Trinajstić information content (AvgIpc) is 3.54. The summed E-state index contributed by atoms with van der Waals surface area (Å²) in [5, 5.41) is 3.24. The standard InChI is InChI=1S/C24H19Cl3FN3O2/c1-2-19-30-21(23(27)31-19)24(32)29-12-15-7-8-18(26)22(20(15)28)33-17-10-14(9-16(25)11-17)6-5-13-3-4-13/h7-11,13H,2-4,12H2,1H3,(H,29,32)(H,30,31). The highest BCUT2D eigenvalue weighted by Gasteiger charge is 2.20. The highest BCUT2D eigenvalue weighted by atomic mass is 35.5. The fourth-order valence-corrected chi connectivity index (χ4v) is 3.65. The monoisotopic (exact) mass is 505 g/mol. The number of aromatic amines is 1. The van der Waals surface area contributed by atoms with Gasteiger partial charge in [-0.3, -0.25) is 4.79 Å². The molecule has 2 aromatic carbocycles. The lowest BCUT2D eigenvalue weighted by Crippen LogP contribution is -2.24. The van der Waals surface area contributed by atoms with Crippen molar-refractivity contribution in [1.29, 1.82) is 0 Å². The van der Waals surface area contributed by atoms with E-state index < -0.39 is 11.7 Å². The van der Waals surface area contributed by atoms with Crippen LogP contribution in [0.1, 0.15) is 47.2 Å². The van der Waals surface area contributed by atoms with Gasteiger partial charge >= 0.3 is 0 Å². The van der Waals surface area contributed by atoms with Gasteiger partial charge in [0.2, 0.25) is 0 Å². The first kappa shape index (κ1) is 23.4. The molecule has 0 aliphatic heterocycles. The third-order valence-electron chi connectivity index (χ3n) is 4.92. The Morgan fingerprint density at radius 1 is 1.27 bits per heavy atom. The van der Waals surface area contributed by atoms with Crippen LogP contribution in [0.2, 0.25) is 15.2 Å². The molecule has 3 aromatic rings. The van der Waals surface area contributed by atoms with E-state index in [0.29, 0.717) is 34.5 Å². The van der Waals surface area contributed by atoms with E-state index in [9.17, 15) is 4.79 Å². The first-order chi connectivity index (χ1) is 15.8. The number of aromatic nitrogens is 2. The van der Waals surface area contributed by atoms with Crippen molar-refractivity contribution in [2.75, 3.05) is 0 Å². The molecule has 1 fully saturated rings. The van der Waals surface area contributed by atoms with Crippen molar-refractivity contribution in [3.8, 4) is 23.3 Å². The molecule has 1 amide bonds. The van der Waals surface area contributed by atoms with Gasteiger partial charge in [0.05, 0.1) is 5.02 Å². The molecule has 170 valence electrons. The number of imidazole rings is 1. The summed E-state index contributed by atoms with van der Waals surface area (Å²) in [5.41, 5.74) is 0.908. The zero-order valence-corrected chi connectivity index (χ0v) is 19.8. The van der Waals surface area contributed by atoms with E-state index in [4.69, 9.17) is 39.5 Å².